The van der Waals surface area contributed by atoms with Crippen molar-refractivity contribution in [1.82, 2.24) is 0 Å². The average molecular weight is 310 g/mol. The molecule has 22 heavy (non-hydrogen) atoms. The number of hydrogen-bond donors (Lipinski definition) is 0. The van der Waals surface area contributed by atoms with E-state index in [9.17, 15) is 9.59 Å². The molecule has 2 atom stereocenters. The van der Waals surface area contributed by atoms with Gasteiger partial charge >= 0.3 is 13.1 Å². The van der Waals surface area contributed by atoms with Crippen LogP contribution in [0.25, 0.3) is 0 Å². The molecule has 2 aliphatic rings. The summed E-state index contributed by atoms with van der Waals surface area (Å²) in [4.78, 5) is 23.6. The van der Waals surface area contributed by atoms with Crippen LogP contribution in [0.1, 0.15) is 53.4 Å². The molecule has 1 aliphatic heterocycles. The summed E-state index contributed by atoms with van der Waals surface area (Å²) in [7, 11) is 1.12. The van der Waals surface area contributed by atoms with E-state index in [0.29, 0.717) is 18.8 Å². The van der Waals surface area contributed by atoms with Crippen LogP contribution in [0.3, 0.4) is 0 Å². The lowest BCUT2D eigenvalue weighted by molar-refractivity contribution is -0.151. The number of carbonyl (C=O) groups excluding carboxylic acids is 2. The molecule has 1 saturated carbocycles. The maximum absolute atomic E-state index is 12.0. The van der Waals surface area contributed by atoms with Gasteiger partial charge in [-0.2, -0.15) is 0 Å². The van der Waals surface area contributed by atoms with E-state index in [2.05, 4.69) is 4.74 Å². The number of Topliss-reactive ketones (excluding diaryl/α,β-unsaturated/α-hetero) is 1. The largest absolute Gasteiger partial charge is 0.468 e. The zero-order valence-corrected chi connectivity index (χ0v) is 14.3. The van der Waals surface area contributed by atoms with Crippen molar-refractivity contribution in [1.29, 1.82) is 0 Å². The first-order chi connectivity index (χ1) is 10.2. The number of ketones is 1. The van der Waals surface area contributed by atoms with Crippen LogP contribution in [0.4, 0.5) is 0 Å². The summed E-state index contributed by atoms with van der Waals surface area (Å²) in [5.74, 6) is -0.628. The van der Waals surface area contributed by atoms with Crippen LogP contribution in [0.5, 0.6) is 0 Å². The van der Waals surface area contributed by atoms with E-state index in [1.165, 1.54) is 7.11 Å². The van der Waals surface area contributed by atoms with Gasteiger partial charge in [0.05, 0.1) is 18.3 Å². The minimum atomic E-state index is -0.557. The second kappa shape index (κ2) is 6.32. The SMILES string of the molecule is COC(=O)C1CC[C@@H](CCB2OC(C)(C)C(C)(C)O2)CC1=O. The third-order valence-electron chi connectivity index (χ3n) is 5.34. The van der Waals surface area contributed by atoms with Crippen molar-refractivity contribution >= 4 is 18.9 Å². The Kier molecular flexibility index (Phi) is 5.02. The Morgan fingerprint density at radius 3 is 2.32 bits per heavy atom. The number of rotatable bonds is 4. The molecule has 2 rings (SSSR count). The van der Waals surface area contributed by atoms with Crippen molar-refractivity contribution in [3.05, 3.63) is 0 Å². The summed E-state index contributed by atoms with van der Waals surface area (Å²) < 4.78 is 16.6. The quantitative estimate of drug-likeness (QED) is 0.454. The molecule has 0 spiro atoms. The van der Waals surface area contributed by atoms with Crippen molar-refractivity contribution < 1.29 is 23.6 Å². The Labute approximate surface area is 133 Å². The summed E-state index contributed by atoms with van der Waals surface area (Å²) in [6.07, 6.45) is 3.61. The predicted molar refractivity (Wildman–Crippen MR) is 83.4 cm³/mol. The second-order valence-corrected chi connectivity index (χ2v) is 7.45. The summed E-state index contributed by atoms with van der Waals surface area (Å²) in [6, 6.07) is 0. The Balaban J connectivity index is 1.80. The van der Waals surface area contributed by atoms with Crippen LogP contribution in [-0.4, -0.2) is 37.2 Å². The van der Waals surface area contributed by atoms with E-state index < -0.39 is 11.9 Å². The van der Waals surface area contributed by atoms with E-state index in [-0.39, 0.29) is 24.1 Å². The fourth-order valence-corrected chi connectivity index (χ4v) is 3.18. The number of methoxy groups -OCH3 is 1. The van der Waals surface area contributed by atoms with Crippen molar-refractivity contribution in [3.8, 4) is 0 Å². The molecule has 6 heteroatoms. The van der Waals surface area contributed by atoms with Gasteiger partial charge in [0.15, 0.2) is 0 Å². The number of hydrogen-bond acceptors (Lipinski definition) is 5. The van der Waals surface area contributed by atoms with Gasteiger partial charge in [0.25, 0.3) is 0 Å². The van der Waals surface area contributed by atoms with Gasteiger partial charge in [0.1, 0.15) is 11.7 Å². The summed E-state index contributed by atoms with van der Waals surface area (Å²) >= 11 is 0. The normalized spacial score (nSPS) is 30.4. The summed E-state index contributed by atoms with van der Waals surface area (Å²) in [5.41, 5.74) is -0.619. The van der Waals surface area contributed by atoms with Crippen LogP contribution >= 0.6 is 0 Å². The van der Waals surface area contributed by atoms with Crippen LogP contribution in [0, 0.1) is 11.8 Å². The van der Waals surface area contributed by atoms with Crippen LogP contribution in [0.2, 0.25) is 6.32 Å². The fourth-order valence-electron chi connectivity index (χ4n) is 3.18. The highest BCUT2D eigenvalue weighted by Gasteiger charge is 2.50. The number of carbonyl (C=O) groups is 2. The predicted octanol–water partition coefficient (Wildman–Crippen LogP) is 2.63. The van der Waals surface area contributed by atoms with Gasteiger partial charge in [-0.3, -0.25) is 9.59 Å². The molecule has 2 fully saturated rings. The molecule has 0 N–H and O–H groups in total. The maximum atomic E-state index is 12.0. The first kappa shape index (κ1) is 17.5. The van der Waals surface area contributed by atoms with Gasteiger partial charge in [0, 0.05) is 6.42 Å². The first-order valence-electron chi connectivity index (χ1n) is 8.12. The lowest BCUT2D eigenvalue weighted by Crippen LogP contribution is -2.41. The zero-order valence-electron chi connectivity index (χ0n) is 14.3. The van der Waals surface area contributed by atoms with Crippen molar-refractivity contribution in [2.45, 2.75) is 70.9 Å². The maximum Gasteiger partial charge on any atom is 0.457 e. The second-order valence-electron chi connectivity index (χ2n) is 7.45. The van der Waals surface area contributed by atoms with Crippen molar-refractivity contribution in [3.63, 3.8) is 0 Å². The molecule has 1 aliphatic carbocycles. The van der Waals surface area contributed by atoms with Gasteiger partial charge in [-0.1, -0.05) is 6.42 Å². The number of esters is 1. The molecule has 1 unspecified atom stereocenters. The van der Waals surface area contributed by atoms with Gasteiger partial charge in [-0.25, -0.2) is 0 Å². The van der Waals surface area contributed by atoms with E-state index in [1.54, 1.807) is 0 Å². The monoisotopic (exact) mass is 310 g/mol. The highest BCUT2D eigenvalue weighted by Crippen LogP contribution is 2.39. The molecule has 1 heterocycles. The molecule has 0 aromatic rings. The topological polar surface area (TPSA) is 61.8 Å². The Morgan fingerprint density at radius 1 is 1.23 bits per heavy atom. The van der Waals surface area contributed by atoms with Gasteiger partial charge in [0.2, 0.25) is 0 Å². The van der Waals surface area contributed by atoms with Crippen molar-refractivity contribution in [2.75, 3.05) is 7.11 Å². The molecule has 0 aromatic heterocycles. The Hall–Kier alpha value is -0.875. The summed E-state index contributed by atoms with van der Waals surface area (Å²) in [6.45, 7) is 8.16. The van der Waals surface area contributed by atoms with Gasteiger partial charge < -0.3 is 14.0 Å². The minimum absolute atomic E-state index is 0.0111. The fraction of sp³-hybridized carbons (Fsp3) is 0.875. The van der Waals surface area contributed by atoms with E-state index >= 15 is 0 Å². The lowest BCUT2D eigenvalue weighted by Gasteiger charge is -2.32. The lowest BCUT2D eigenvalue weighted by atomic mass is 9.73. The standard InChI is InChI=1S/C16H27BO5/c1-15(2)16(3,4)22-17(21-15)9-8-11-6-7-12(13(18)10-11)14(19)20-5/h11-12H,6-10H2,1-5H3/t11-,12?/m0/s1. The summed E-state index contributed by atoms with van der Waals surface area (Å²) in [5, 5.41) is 0. The molecule has 0 radical (unpaired) electrons. The molecular formula is C16H27BO5. The van der Waals surface area contributed by atoms with Crippen LogP contribution < -0.4 is 0 Å². The molecule has 5 nitrogen and oxygen atoms in total. The molecule has 0 aromatic carbocycles. The highest BCUT2D eigenvalue weighted by atomic mass is 16.7. The third-order valence-corrected chi connectivity index (χ3v) is 5.34. The van der Waals surface area contributed by atoms with Crippen LogP contribution in [-0.2, 0) is 23.6 Å². The highest BCUT2D eigenvalue weighted by molar-refractivity contribution is 6.45. The average Bonchev–Trinajstić information content (AvgIpc) is 2.64. The van der Waals surface area contributed by atoms with Gasteiger partial charge in [-0.15, -0.1) is 0 Å². The zero-order chi connectivity index (χ0) is 16.5. The smallest absolute Gasteiger partial charge is 0.457 e. The first-order valence-corrected chi connectivity index (χ1v) is 8.12. The molecule has 0 bridgehead atoms. The minimum Gasteiger partial charge on any atom is -0.468 e. The Bertz CT molecular complexity index is 430. The van der Waals surface area contributed by atoms with E-state index in [4.69, 9.17) is 9.31 Å². The Morgan fingerprint density at radius 2 is 1.82 bits per heavy atom. The van der Waals surface area contributed by atoms with Crippen LogP contribution in [0.15, 0.2) is 0 Å². The number of ether oxygens (including phenoxy) is 1. The molecular weight excluding hydrogens is 283 g/mol. The van der Waals surface area contributed by atoms with Crippen molar-refractivity contribution in [2.24, 2.45) is 11.8 Å². The van der Waals surface area contributed by atoms with Gasteiger partial charge in [-0.05, 0) is 52.8 Å². The third kappa shape index (κ3) is 3.54. The molecule has 124 valence electrons. The van der Waals surface area contributed by atoms with E-state index in [1.807, 2.05) is 27.7 Å². The van der Waals surface area contributed by atoms with E-state index in [0.717, 1.165) is 19.2 Å². The molecule has 0 amide bonds. The molecule has 1 saturated heterocycles.